The highest BCUT2D eigenvalue weighted by atomic mass is 16.5. The number of amides is 2. The fourth-order valence-corrected chi connectivity index (χ4v) is 6.17. The number of benzene rings is 3. The van der Waals surface area contributed by atoms with Gasteiger partial charge >= 0.3 is 0 Å². The second-order valence-corrected chi connectivity index (χ2v) is 10.5. The highest BCUT2D eigenvalue weighted by Gasteiger charge is 2.43. The number of hydrogen-bond acceptors (Lipinski definition) is 4. The fraction of sp³-hybridized carbons (Fsp3) is 0.333. The molecule has 2 heterocycles. The predicted octanol–water partition coefficient (Wildman–Crippen LogP) is 5.42. The third-order valence-electron chi connectivity index (χ3n) is 8.05. The molecule has 200 valence electrons. The maximum absolute atomic E-state index is 14.7. The van der Waals surface area contributed by atoms with Gasteiger partial charge < -0.3 is 15.0 Å². The molecule has 0 spiro atoms. The van der Waals surface area contributed by atoms with Gasteiger partial charge in [-0.05, 0) is 30.0 Å². The van der Waals surface area contributed by atoms with Crippen LogP contribution in [0.1, 0.15) is 54.8 Å². The van der Waals surface area contributed by atoms with E-state index in [9.17, 15) is 9.59 Å². The zero-order valence-electron chi connectivity index (χ0n) is 22.2. The summed E-state index contributed by atoms with van der Waals surface area (Å²) in [4.78, 5) is 32.7. The molecule has 2 aliphatic heterocycles. The van der Waals surface area contributed by atoms with Crippen LogP contribution in [0.4, 0.5) is 5.69 Å². The molecule has 6 rings (SSSR count). The normalized spacial score (nSPS) is 19.9. The number of carbonyl (C=O) groups is 2. The minimum Gasteiger partial charge on any atom is -0.378 e. The second kappa shape index (κ2) is 11.5. The van der Waals surface area contributed by atoms with Crippen molar-refractivity contribution >= 4 is 28.8 Å². The fourth-order valence-electron chi connectivity index (χ4n) is 6.17. The van der Waals surface area contributed by atoms with Crippen LogP contribution in [0.15, 0.2) is 84.9 Å². The SMILES string of the molecule is O=C(NC1CCCCC1)C(c1ccccc1)N1C(=O)/C(=C(/c2ccccc2)N2CCOCC2)c2ccccc21. The summed E-state index contributed by atoms with van der Waals surface area (Å²) in [7, 11) is 0. The van der Waals surface area contributed by atoms with Crippen LogP contribution in [-0.2, 0) is 14.3 Å². The number of fused-ring (bicyclic) bond motifs is 1. The van der Waals surface area contributed by atoms with Gasteiger partial charge in [-0.3, -0.25) is 14.5 Å². The van der Waals surface area contributed by atoms with Gasteiger partial charge in [0.25, 0.3) is 5.91 Å². The number of anilines is 1. The summed E-state index contributed by atoms with van der Waals surface area (Å²) < 4.78 is 5.65. The van der Waals surface area contributed by atoms with Crippen molar-refractivity contribution < 1.29 is 14.3 Å². The van der Waals surface area contributed by atoms with Gasteiger partial charge in [0.1, 0.15) is 6.04 Å². The number of morpholine rings is 1. The van der Waals surface area contributed by atoms with E-state index in [0.29, 0.717) is 31.9 Å². The quantitative estimate of drug-likeness (QED) is 0.440. The van der Waals surface area contributed by atoms with Gasteiger partial charge in [0.2, 0.25) is 5.91 Å². The lowest BCUT2D eigenvalue weighted by Gasteiger charge is -2.33. The smallest absolute Gasteiger partial charge is 0.262 e. The predicted molar refractivity (Wildman–Crippen MR) is 154 cm³/mol. The van der Waals surface area contributed by atoms with Crippen molar-refractivity contribution in [1.82, 2.24) is 10.2 Å². The van der Waals surface area contributed by atoms with E-state index in [0.717, 1.165) is 53.8 Å². The number of rotatable bonds is 6. The van der Waals surface area contributed by atoms with E-state index in [-0.39, 0.29) is 17.9 Å². The molecule has 39 heavy (non-hydrogen) atoms. The molecule has 3 aromatic rings. The highest BCUT2D eigenvalue weighted by molar-refractivity contribution is 6.38. The van der Waals surface area contributed by atoms with Crippen LogP contribution in [0.3, 0.4) is 0 Å². The molecule has 0 radical (unpaired) electrons. The zero-order valence-corrected chi connectivity index (χ0v) is 22.2. The van der Waals surface area contributed by atoms with E-state index < -0.39 is 6.04 Å². The van der Waals surface area contributed by atoms with Crippen molar-refractivity contribution in [3.63, 3.8) is 0 Å². The lowest BCUT2D eigenvalue weighted by Crippen LogP contribution is -2.46. The number of para-hydroxylation sites is 1. The molecular weight excluding hydrogens is 486 g/mol. The van der Waals surface area contributed by atoms with Gasteiger partial charge in [-0.15, -0.1) is 0 Å². The summed E-state index contributed by atoms with van der Waals surface area (Å²) in [6.07, 6.45) is 5.43. The average molecular weight is 522 g/mol. The van der Waals surface area contributed by atoms with Crippen molar-refractivity contribution in [2.75, 3.05) is 31.2 Å². The molecule has 3 aliphatic rings. The molecule has 1 saturated carbocycles. The molecule has 0 bridgehead atoms. The van der Waals surface area contributed by atoms with Crippen molar-refractivity contribution in [3.05, 3.63) is 102 Å². The first-order valence-corrected chi connectivity index (χ1v) is 14.1. The first-order chi connectivity index (χ1) is 19.2. The largest absolute Gasteiger partial charge is 0.378 e. The van der Waals surface area contributed by atoms with Gasteiger partial charge in [0.15, 0.2) is 0 Å². The Kier molecular flexibility index (Phi) is 7.46. The van der Waals surface area contributed by atoms with E-state index in [1.54, 1.807) is 4.90 Å². The Morgan fingerprint density at radius 1 is 0.821 bits per heavy atom. The molecule has 6 nitrogen and oxygen atoms in total. The maximum Gasteiger partial charge on any atom is 0.262 e. The first kappa shape index (κ1) is 25.4. The van der Waals surface area contributed by atoms with Crippen LogP contribution < -0.4 is 10.2 Å². The van der Waals surface area contributed by atoms with Crippen LogP contribution in [-0.4, -0.2) is 49.1 Å². The van der Waals surface area contributed by atoms with Crippen LogP contribution in [0.2, 0.25) is 0 Å². The Morgan fingerprint density at radius 3 is 2.18 bits per heavy atom. The van der Waals surface area contributed by atoms with Gasteiger partial charge in [0, 0.05) is 24.7 Å². The molecule has 1 saturated heterocycles. The number of carbonyl (C=O) groups excluding carboxylic acids is 2. The summed E-state index contributed by atoms with van der Waals surface area (Å²) in [6.45, 7) is 2.63. The number of ether oxygens (including phenoxy) is 1. The van der Waals surface area contributed by atoms with E-state index in [1.165, 1.54) is 6.42 Å². The molecule has 2 amide bonds. The lowest BCUT2D eigenvalue weighted by molar-refractivity contribution is -0.125. The standard InChI is InChI=1S/C33H35N3O3/c37-32(34-26-16-8-3-9-17-26)31(25-14-6-2-7-15-25)36-28-19-11-10-18-27(28)29(33(36)38)30(24-12-4-1-5-13-24)35-20-22-39-23-21-35/h1-2,4-7,10-15,18-19,26,31H,3,8-9,16-17,20-23H2,(H,34,37)/b30-29-. The van der Waals surface area contributed by atoms with E-state index in [2.05, 4.69) is 22.3 Å². The van der Waals surface area contributed by atoms with Gasteiger partial charge in [-0.2, -0.15) is 0 Å². The number of nitrogens with one attached hydrogen (secondary N) is 1. The van der Waals surface area contributed by atoms with Crippen LogP contribution >= 0.6 is 0 Å². The van der Waals surface area contributed by atoms with Crippen LogP contribution in [0.25, 0.3) is 11.3 Å². The van der Waals surface area contributed by atoms with Crippen molar-refractivity contribution in [2.24, 2.45) is 0 Å². The Bertz CT molecular complexity index is 1340. The van der Waals surface area contributed by atoms with Gasteiger partial charge in [-0.25, -0.2) is 0 Å². The average Bonchev–Trinajstić information content (AvgIpc) is 3.27. The zero-order chi connectivity index (χ0) is 26.6. The molecule has 2 fully saturated rings. The Hall–Kier alpha value is -3.90. The summed E-state index contributed by atoms with van der Waals surface area (Å²) in [5, 5.41) is 3.31. The van der Waals surface area contributed by atoms with Gasteiger partial charge in [-0.1, -0.05) is 98.1 Å². The summed E-state index contributed by atoms with van der Waals surface area (Å²) in [5.74, 6) is -0.265. The lowest BCUT2D eigenvalue weighted by atomic mass is 9.94. The molecule has 1 N–H and O–H groups in total. The molecule has 3 aromatic carbocycles. The van der Waals surface area contributed by atoms with Crippen molar-refractivity contribution in [2.45, 2.75) is 44.2 Å². The minimum absolute atomic E-state index is 0.120. The van der Waals surface area contributed by atoms with E-state index >= 15 is 0 Å². The van der Waals surface area contributed by atoms with Crippen molar-refractivity contribution in [3.8, 4) is 0 Å². The Labute approximate surface area is 230 Å². The monoisotopic (exact) mass is 521 g/mol. The summed E-state index contributed by atoms with van der Waals surface area (Å²) in [6, 6.07) is 27.1. The van der Waals surface area contributed by atoms with E-state index in [1.807, 2.05) is 72.8 Å². The van der Waals surface area contributed by atoms with E-state index in [4.69, 9.17) is 4.74 Å². The van der Waals surface area contributed by atoms with Gasteiger partial charge in [0.05, 0.1) is 30.2 Å². The Balaban J connectivity index is 1.49. The summed E-state index contributed by atoms with van der Waals surface area (Å²) in [5.41, 5.74) is 4.97. The van der Waals surface area contributed by atoms with Crippen molar-refractivity contribution in [1.29, 1.82) is 0 Å². The third-order valence-corrected chi connectivity index (χ3v) is 8.05. The minimum atomic E-state index is -0.763. The molecule has 1 aliphatic carbocycles. The topological polar surface area (TPSA) is 61.9 Å². The molecule has 1 unspecified atom stereocenters. The molecule has 1 atom stereocenters. The number of nitrogens with zero attached hydrogens (tertiary/aromatic N) is 2. The van der Waals surface area contributed by atoms with Crippen LogP contribution in [0, 0.1) is 0 Å². The first-order valence-electron chi connectivity index (χ1n) is 14.1. The second-order valence-electron chi connectivity index (χ2n) is 10.5. The molecule has 6 heteroatoms. The Morgan fingerprint density at radius 2 is 1.46 bits per heavy atom. The molecule has 0 aromatic heterocycles. The maximum atomic E-state index is 14.7. The summed E-state index contributed by atoms with van der Waals surface area (Å²) >= 11 is 0. The third kappa shape index (κ3) is 5.09. The highest BCUT2D eigenvalue weighted by Crippen LogP contribution is 2.45. The number of hydrogen-bond donors (Lipinski definition) is 1. The molecular formula is C33H35N3O3. The van der Waals surface area contributed by atoms with Crippen LogP contribution in [0.5, 0.6) is 0 Å².